The Kier molecular flexibility index (Phi) is 5.74. The number of benzene rings is 3. The topological polar surface area (TPSA) is 37.3 Å². The van der Waals surface area contributed by atoms with Crippen LogP contribution in [0.1, 0.15) is 59.3 Å². The Bertz CT molecular complexity index is 1330. The maximum absolute atomic E-state index is 13.9. The van der Waals surface area contributed by atoms with Crippen LogP contribution in [0.25, 0.3) is 5.69 Å². The van der Waals surface area contributed by atoms with Gasteiger partial charge in [0.25, 0.3) is 0 Å². The summed E-state index contributed by atoms with van der Waals surface area (Å²) >= 11 is 0. The first-order valence-electron chi connectivity index (χ1n) is 11.9. The van der Waals surface area contributed by atoms with Crippen LogP contribution in [0.15, 0.2) is 85.1 Å². The Labute approximate surface area is 201 Å². The normalized spacial score (nSPS) is 15.0. The van der Waals surface area contributed by atoms with Gasteiger partial charge in [0.05, 0.1) is 18.3 Å². The van der Waals surface area contributed by atoms with Gasteiger partial charge < -0.3 is 14.8 Å². The van der Waals surface area contributed by atoms with Gasteiger partial charge in [-0.1, -0.05) is 74.0 Å². The predicted octanol–water partition coefficient (Wildman–Crippen LogP) is 7.35. The average Bonchev–Trinajstić information content (AvgIpc) is 3.25. The lowest BCUT2D eigenvalue weighted by Gasteiger charge is -2.31. The lowest BCUT2D eigenvalue weighted by Crippen LogP contribution is -2.38. The Morgan fingerprint density at radius 1 is 0.941 bits per heavy atom. The van der Waals surface area contributed by atoms with E-state index in [1.807, 2.05) is 30.0 Å². The van der Waals surface area contributed by atoms with Crippen molar-refractivity contribution in [3.05, 3.63) is 119 Å². The van der Waals surface area contributed by atoms with Gasteiger partial charge in [-0.3, -0.25) is 0 Å². The molecule has 4 aromatic rings. The minimum Gasteiger partial charge on any atom is -0.318 e. The molecule has 0 saturated carbocycles. The molecule has 0 saturated heterocycles. The van der Waals surface area contributed by atoms with E-state index in [4.69, 9.17) is 0 Å². The lowest BCUT2D eigenvalue weighted by molar-refractivity contribution is 0.194. The summed E-state index contributed by atoms with van der Waals surface area (Å²) in [7, 11) is 0. The number of anilines is 1. The number of aryl methyl sites for hydroxylation is 2. The lowest BCUT2D eigenvalue weighted by atomic mass is 9.97. The molecule has 4 heteroatoms. The molecule has 4 nitrogen and oxygen atoms in total. The second-order valence-electron chi connectivity index (χ2n) is 9.53. The van der Waals surface area contributed by atoms with Crippen molar-refractivity contribution in [2.45, 2.75) is 46.2 Å². The molecule has 1 N–H and O–H groups in total. The van der Waals surface area contributed by atoms with Gasteiger partial charge in [0, 0.05) is 17.6 Å². The number of rotatable bonds is 3. The van der Waals surface area contributed by atoms with Gasteiger partial charge in [0.2, 0.25) is 0 Å². The fraction of sp³-hybridized carbons (Fsp3) is 0.233. The van der Waals surface area contributed by atoms with Gasteiger partial charge in [-0.2, -0.15) is 0 Å². The number of amides is 2. The molecule has 1 atom stereocenters. The molecule has 1 aliphatic heterocycles. The molecule has 5 rings (SSSR count). The summed E-state index contributed by atoms with van der Waals surface area (Å²) in [5.41, 5.74) is 8.81. The largest absolute Gasteiger partial charge is 0.322 e. The van der Waals surface area contributed by atoms with Crippen LogP contribution in [0.4, 0.5) is 10.5 Å². The van der Waals surface area contributed by atoms with Crippen LogP contribution in [0.3, 0.4) is 0 Å². The molecule has 172 valence electrons. The first-order valence-corrected chi connectivity index (χ1v) is 11.9. The van der Waals surface area contributed by atoms with Crippen molar-refractivity contribution in [1.29, 1.82) is 0 Å². The first-order chi connectivity index (χ1) is 16.4. The highest BCUT2D eigenvalue weighted by atomic mass is 16.2. The first kappa shape index (κ1) is 22.0. The van der Waals surface area contributed by atoms with Crippen LogP contribution in [0.5, 0.6) is 0 Å². The van der Waals surface area contributed by atoms with E-state index < -0.39 is 0 Å². The van der Waals surface area contributed by atoms with E-state index in [1.165, 1.54) is 11.1 Å². The second-order valence-corrected chi connectivity index (χ2v) is 9.53. The number of hydrogen-bond donors (Lipinski definition) is 1. The van der Waals surface area contributed by atoms with E-state index in [9.17, 15) is 4.79 Å². The van der Waals surface area contributed by atoms with Crippen LogP contribution >= 0.6 is 0 Å². The number of hydrogen-bond acceptors (Lipinski definition) is 1. The van der Waals surface area contributed by atoms with Crippen molar-refractivity contribution in [1.82, 2.24) is 9.47 Å². The molecule has 0 unspecified atom stereocenters. The molecule has 34 heavy (non-hydrogen) atoms. The van der Waals surface area contributed by atoms with E-state index in [-0.39, 0.29) is 12.1 Å². The summed E-state index contributed by atoms with van der Waals surface area (Å²) in [6.07, 6.45) is 2.09. The maximum Gasteiger partial charge on any atom is 0.322 e. The van der Waals surface area contributed by atoms with Crippen LogP contribution in [-0.2, 0) is 6.54 Å². The highest BCUT2D eigenvalue weighted by molar-refractivity contribution is 5.91. The number of carbonyl (C=O) groups is 1. The highest BCUT2D eigenvalue weighted by Crippen LogP contribution is 2.37. The predicted molar refractivity (Wildman–Crippen MR) is 139 cm³/mol. The summed E-state index contributed by atoms with van der Waals surface area (Å²) in [6.45, 7) is 9.02. The van der Waals surface area contributed by atoms with Gasteiger partial charge in [-0.25, -0.2) is 4.79 Å². The molecule has 1 aliphatic rings. The van der Waals surface area contributed by atoms with Crippen molar-refractivity contribution >= 4 is 11.7 Å². The molecule has 3 aromatic carbocycles. The zero-order chi connectivity index (χ0) is 23.8. The Hall–Kier alpha value is -3.79. The molecule has 0 spiro atoms. The van der Waals surface area contributed by atoms with Crippen LogP contribution in [0, 0.1) is 13.8 Å². The number of para-hydroxylation sites is 1. The maximum atomic E-state index is 13.9. The fourth-order valence-electron chi connectivity index (χ4n) is 4.89. The third-order valence-corrected chi connectivity index (χ3v) is 6.77. The average molecular weight is 450 g/mol. The third kappa shape index (κ3) is 4.01. The molecule has 0 radical (unpaired) electrons. The van der Waals surface area contributed by atoms with E-state index >= 15 is 0 Å². The van der Waals surface area contributed by atoms with Crippen LogP contribution in [-0.4, -0.2) is 15.5 Å². The van der Waals surface area contributed by atoms with Crippen molar-refractivity contribution in [3.8, 4) is 5.69 Å². The highest BCUT2D eigenvalue weighted by Gasteiger charge is 2.33. The van der Waals surface area contributed by atoms with Gasteiger partial charge in [-0.05, 0) is 66.3 Å². The smallest absolute Gasteiger partial charge is 0.318 e. The quantitative estimate of drug-likeness (QED) is 0.349. The second kappa shape index (κ2) is 8.86. The van der Waals surface area contributed by atoms with E-state index in [1.54, 1.807) is 0 Å². The van der Waals surface area contributed by atoms with Crippen molar-refractivity contribution in [2.75, 3.05) is 5.32 Å². The Morgan fingerprint density at radius 3 is 2.44 bits per heavy atom. The fourth-order valence-corrected chi connectivity index (χ4v) is 4.89. The molecular formula is C30H31N3O. The minimum absolute atomic E-state index is 0.102. The van der Waals surface area contributed by atoms with Crippen molar-refractivity contribution < 1.29 is 4.79 Å². The number of nitrogens with one attached hydrogen (secondary N) is 1. The molecule has 0 aliphatic carbocycles. The van der Waals surface area contributed by atoms with E-state index in [0.717, 1.165) is 33.8 Å². The monoisotopic (exact) mass is 449 g/mol. The Morgan fingerprint density at radius 2 is 1.71 bits per heavy atom. The van der Waals surface area contributed by atoms with Crippen LogP contribution in [0.2, 0.25) is 0 Å². The van der Waals surface area contributed by atoms with Gasteiger partial charge in [0.1, 0.15) is 0 Å². The van der Waals surface area contributed by atoms with Crippen molar-refractivity contribution in [2.24, 2.45) is 0 Å². The molecule has 2 amide bonds. The molecule has 1 aromatic heterocycles. The number of carbonyl (C=O) groups excluding carboxylic acids is 1. The summed E-state index contributed by atoms with van der Waals surface area (Å²) in [5, 5.41) is 3.20. The molecule has 2 heterocycles. The zero-order valence-electron chi connectivity index (χ0n) is 20.2. The summed E-state index contributed by atoms with van der Waals surface area (Å²) in [5.74, 6) is 0.459. The van der Waals surface area contributed by atoms with E-state index in [2.05, 4.69) is 97.5 Å². The number of fused-ring (bicyclic) bond motifs is 3. The van der Waals surface area contributed by atoms with Gasteiger partial charge in [0.15, 0.2) is 0 Å². The third-order valence-electron chi connectivity index (χ3n) is 6.77. The minimum atomic E-state index is -0.214. The standard InChI is InChI=1S/C30H31N3O/c1-20(2)23-12-14-24(15-13-23)29-28-10-7-17-32(28)27-9-6-5-8-25(27)19-33(29)30(34)31-26-16-11-21(3)18-22(26)4/h5-18,20,29H,19H2,1-4H3,(H,31,34)/t29-/m1/s1. The number of nitrogens with zero attached hydrogens (tertiary/aromatic N) is 2. The number of urea groups is 1. The van der Waals surface area contributed by atoms with E-state index in [0.29, 0.717) is 12.5 Å². The van der Waals surface area contributed by atoms with Gasteiger partial charge in [-0.15, -0.1) is 0 Å². The van der Waals surface area contributed by atoms with Crippen molar-refractivity contribution in [3.63, 3.8) is 0 Å². The molecule has 0 bridgehead atoms. The Balaban J connectivity index is 1.61. The summed E-state index contributed by atoms with van der Waals surface area (Å²) < 4.78 is 2.22. The molecule has 0 fully saturated rings. The summed E-state index contributed by atoms with van der Waals surface area (Å²) in [6, 6.07) is 27.0. The summed E-state index contributed by atoms with van der Waals surface area (Å²) in [4.78, 5) is 15.8. The van der Waals surface area contributed by atoms with Gasteiger partial charge >= 0.3 is 6.03 Å². The SMILES string of the molecule is Cc1ccc(NC(=O)N2Cc3ccccc3-n3cccc3[C@H]2c2ccc(C(C)C)cc2)c(C)c1. The number of aromatic nitrogens is 1. The molecular weight excluding hydrogens is 418 g/mol. The zero-order valence-corrected chi connectivity index (χ0v) is 20.2. The van der Waals surface area contributed by atoms with Crippen LogP contribution < -0.4 is 5.32 Å².